The van der Waals surface area contributed by atoms with Gasteiger partial charge in [-0.25, -0.2) is 9.97 Å². The summed E-state index contributed by atoms with van der Waals surface area (Å²) in [6, 6.07) is 0. The van der Waals surface area contributed by atoms with Crippen molar-refractivity contribution in [3.05, 3.63) is 11.1 Å². The minimum atomic E-state index is -0.108. The molecule has 156 valence electrons. The van der Waals surface area contributed by atoms with Crippen LogP contribution in [0.2, 0.25) is 5.28 Å². The number of carbonyl (C=O) groups is 1. The van der Waals surface area contributed by atoms with Gasteiger partial charge in [0.05, 0.1) is 7.11 Å². The molecule has 0 aliphatic rings. The van der Waals surface area contributed by atoms with Crippen molar-refractivity contribution in [1.29, 1.82) is 0 Å². The normalized spacial score (nSPS) is 11.5. The standard InChI is InChI=1S/C20H31ClN4O2S/c1-14(2)28-19-17-18(23-20(21)24-19)22-15(3)25(17)13-11-9-7-5-6-8-10-12-16(26)27-4/h14H,5-13H2,1-4H3. The van der Waals surface area contributed by atoms with E-state index in [2.05, 4.69) is 38.1 Å². The van der Waals surface area contributed by atoms with Crippen molar-refractivity contribution in [1.82, 2.24) is 19.5 Å². The fraction of sp³-hybridized carbons (Fsp3) is 0.700. The Morgan fingerprint density at radius 3 is 2.36 bits per heavy atom. The van der Waals surface area contributed by atoms with Crippen LogP contribution in [-0.2, 0) is 16.1 Å². The molecule has 2 aromatic rings. The van der Waals surface area contributed by atoms with Gasteiger partial charge in [-0.15, -0.1) is 11.8 Å². The molecular formula is C20H31ClN4O2S. The number of rotatable bonds is 12. The van der Waals surface area contributed by atoms with E-state index in [1.807, 2.05) is 6.92 Å². The van der Waals surface area contributed by atoms with Crippen molar-refractivity contribution >= 4 is 40.5 Å². The molecule has 0 aliphatic heterocycles. The van der Waals surface area contributed by atoms with Crippen molar-refractivity contribution in [3.63, 3.8) is 0 Å². The van der Waals surface area contributed by atoms with E-state index in [0.29, 0.717) is 17.3 Å². The highest BCUT2D eigenvalue weighted by Gasteiger charge is 2.17. The highest BCUT2D eigenvalue weighted by Crippen LogP contribution is 2.30. The maximum atomic E-state index is 11.1. The van der Waals surface area contributed by atoms with E-state index >= 15 is 0 Å². The summed E-state index contributed by atoms with van der Waals surface area (Å²) < 4.78 is 6.89. The SMILES string of the molecule is COC(=O)CCCCCCCCCn1c(C)nc2nc(Cl)nc(SC(C)C)c21. The molecule has 0 atom stereocenters. The summed E-state index contributed by atoms with van der Waals surface area (Å²) in [7, 11) is 1.44. The summed E-state index contributed by atoms with van der Waals surface area (Å²) in [5.41, 5.74) is 1.69. The maximum Gasteiger partial charge on any atom is 0.305 e. The Hall–Kier alpha value is -1.34. The molecule has 6 nitrogen and oxygen atoms in total. The van der Waals surface area contributed by atoms with Crippen molar-refractivity contribution in [2.75, 3.05) is 7.11 Å². The lowest BCUT2D eigenvalue weighted by Gasteiger charge is -2.11. The highest BCUT2D eigenvalue weighted by molar-refractivity contribution is 8.00. The molecule has 0 fully saturated rings. The van der Waals surface area contributed by atoms with Gasteiger partial charge in [0.15, 0.2) is 5.65 Å². The lowest BCUT2D eigenvalue weighted by Crippen LogP contribution is -2.03. The largest absolute Gasteiger partial charge is 0.469 e. The number of imidazole rings is 1. The van der Waals surface area contributed by atoms with E-state index in [1.54, 1.807) is 11.8 Å². The number of aryl methyl sites for hydroxylation is 2. The van der Waals surface area contributed by atoms with E-state index in [0.717, 1.165) is 42.2 Å². The van der Waals surface area contributed by atoms with Crippen molar-refractivity contribution in [2.45, 2.75) is 89.0 Å². The number of carbonyl (C=O) groups excluding carboxylic acids is 1. The van der Waals surface area contributed by atoms with Gasteiger partial charge < -0.3 is 9.30 Å². The van der Waals surface area contributed by atoms with Gasteiger partial charge in [-0.1, -0.05) is 46.0 Å². The van der Waals surface area contributed by atoms with E-state index < -0.39 is 0 Å². The first kappa shape index (κ1) is 22.9. The van der Waals surface area contributed by atoms with Crippen LogP contribution in [0.15, 0.2) is 5.03 Å². The molecule has 0 aromatic carbocycles. The van der Waals surface area contributed by atoms with Crippen molar-refractivity contribution in [3.8, 4) is 0 Å². The van der Waals surface area contributed by atoms with Gasteiger partial charge in [0.25, 0.3) is 0 Å². The number of unbranched alkanes of at least 4 members (excludes halogenated alkanes) is 6. The average Bonchev–Trinajstić information content (AvgIpc) is 2.94. The first-order valence-electron chi connectivity index (χ1n) is 10.1. The van der Waals surface area contributed by atoms with Crippen LogP contribution in [-0.4, -0.2) is 37.8 Å². The molecule has 0 amide bonds. The monoisotopic (exact) mass is 426 g/mol. The minimum Gasteiger partial charge on any atom is -0.469 e. The van der Waals surface area contributed by atoms with Gasteiger partial charge in [0, 0.05) is 18.2 Å². The molecule has 28 heavy (non-hydrogen) atoms. The fourth-order valence-electron chi connectivity index (χ4n) is 3.19. The first-order chi connectivity index (χ1) is 13.4. The molecular weight excluding hydrogens is 396 g/mol. The molecule has 2 heterocycles. The third-order valence-electron chi connectivity index (χ3n) is 4.57. The number of ether oxygens (including phenoxy) is 1. The molecule has 0 saturated heterocycles. The smallest absolute Gasteiger partial charge is 0.305 e. The van der Waals surface area contributed by atoms with Crippen molar-refractivity contribution < 1.29 is 9.53 Å². The average molecular weight is 427 g/mol. The molecule has 0 aliphatic carbocycles. The van der Waals surface area contributed by atoms with Crippen LogP contribution in [0.25, 0.3) is 11.2 Å². The summed E-state index contributed by atoms with van der Waals surface area (Å²) in [6.07, 6.45) is 8.41. The number of thioether (sulfide) groups is 1. The minimum absolute atomic E-state index is 0.108. The van der Waals surface area contributed by atoms with Gasteiger partial charge in [-0.2, -0.15) is 4.98 Å². The Morgan fingerprint density at radius 1 is 1.07 bits per heavy atom. The predicted molar refractivity (Wildman–Crippen MR) is 115 cm³/mol. The zero-order valence-electron chi connectivity index (χ0n) is 17.3. The van der Waals surface area contributed by atoms with E-state index in [4.69, 9.17) is 11.6 Å². The van der Waals surface area contributed by atoms with Gasteiger partial charge in [0.2, 0.25) is 5.28 Å². The van der Waals surface area contributed by atoms with Gasteiger partial charge >= 0.3 is 5.97 Å². The summed E-state index contributed by atoms with van der Waals surface area (Å²) in [5.74, 6) is 0.850. The molecule has 2 rings (SSSR count). The molecule has 0 N–H and O–H groups in total. The summed E-state index contributed by atoms with van der Waals surface area (Å²) >= 11 is 7.78. The summed E-state index contributed by atoms with van der Waals surface area (Å²) in [5, 5.41) is 1.58. The number of fused-ring (bicyclic) bond motifs is 1. The number of hydrogen-bond donors (Lipinski definition) is 0. The molecule has 0 saturated carbocycles. The number of aromatic nitrogens is 4. The van der Waals surface area contributed by atoms with Crippen molar-refractivity contribution in [2.24, 2.45) is 0 Å². The number of hydrogen-bond acceptors (Lipinski definition) is 6. The maximum absolute atomic E-state index is 11.1. The predicted octanol–water partition coefficient (Wildman–Crippen LogP) is 5.58. The lowest BCUT2D eigenvalue weighted by atomic mass is 10.1. The van der Waals surface area contributed by atoms with Gasteiger partial charge in [0.1, 0.15) is 16.4 Å². The second-order valence-electron chi connectivity index (χ2n) is 7.25. The quantitative estimate of drug-likeness (QED) is 0.145. The molecule has 0 bridgehead atoms. The van der Waals surface area contributed by atoms with E-state index in [9.17, 15) is 4.79 Å². The molecule has 2 aromatic heterocycles. The Balaban J connectivity index is 1.82. The molecule has 0 radical (unpaired) electrons. The topological polar surface area (TPSA) is 69.9 Å². The zero-order valence-corrected chi connectivity index (χ0v) is 18.9. The number of methoxy groups -OCH3 is 1. The van der Waals surface area contributed by atoms with Gasteiger partial charge in [-0.3, -0.25) is 4.79 Å². The van der Waals surface area contributed by atoms with Crippen LogP contribution >= 0.6 is 23.4 Å². The molecule has 0 spiro atoms. The summed E-state index contributed by atoms with van der Waals surface area (Å²) in [6.45, 7) is 7.22. The Kier molecular flexibility index (Phi) is 9.51. The number of nitrogens with zero attached hydrogens (tertiary/aromatic N) is 4. The second kappa shape index (κ2) is 11.6. The third kappa shape index (κ3) is 6.92. The zero-order chi connectivity index (χ0) is 20.5. The van der Waals surface area contributed by atoms with E-state index in [-0.39, 0.29) is 11.3 Å². The second-order valence-corrected chi connectivity index (χ2v) is 9.15. The third-order valence-corrected chi connectivity index (χ3v) is 5.72. The van der Waals surface area contributed by atoms with Gasteiger partial charge in [-0.05, 0) is 31.4 Å². The number of halogens is 1. The van der Waals surface area contributed by atoms with E-state index in [1.165, 1.54) is 32.8 Å². The lowest BCUT2D eigenvalue weighted by molar-refractivity contribution is -0.140. The Morgan fingerprint density at radius 2 is 1.71 bits per heavy atom. The Bertz CT molecular complexity index is 779. The molecule has 0 unspecified atom stereocenters. The molecule has 8 heteroatoms. The Labute approximate surface area is 176 Å². The van der Waals surface area contributed by atoms with Crippen LogP contribution < -0.4 is 0 Å². The fourth-order valence-corrected chi connectivity index (χ4v) is 4.30. The highest BCUT2D eigenvalue weighted by atomic mass is 35.5. The first-order valence-corrected chi connectivity index (χ1v) is 11.3. The van der Waals surface area contributed by atoms with Crippen LogP contribution in [0.5, 0.6) is 0 Å². The van der Waals surface area contributed by atoms with Crippen LogP contribution in [0.3, 0.4) is 0 Å². The van der Waals surface area contributed by atoms with Crippen LogP contribution in [0, 0.1) is 6.92 Å². The van der Waals surface area contributed by atoms with Crippen LogP contribution in [0.1, 0.15) is 71.0 Å². The number of esters is 1. The summed E-state index contributed by atoms with van der Waals surface area (Å²) in [4.78, 5) is 24.4. The van der Waals surface area contributed by atoms with Crippen LogP contribution in [0.4, 0.5) is 0 Å².